The molecule has 1 rings (SSSR count). The first-order valence-electron chi connectivity index (χ1n) is 4.28. The third-order valence-corrected chi connectivity index (χ3v) is 3.01. The van der Waals surface area contributed by atoms with E-state index in [1.807, 2.05) is 25.1 Å². The van der Waals surface area contributed by atoms with Crippen LogP contribution >= 0.6 is 15.9 Å². The van der Waals surface area contributed by atoms with Crippen LogP contribution in [-0.2, 0) is 0 Å². The summed E-state index contributed by atoms with van der Waals surface area (Å²) >= 11 is 3.45. The summed E-state index contributed by atoms with van der Waals surface area (Å²) < 4.78 is 1.07. The normalized spacial score (nSPS) is 12.9. The van der Waals surface area contributed by atoms with E-state index in [9.17, 15) is 0 Å². The lowest BCUT2D eigenvalue weighted by atomic mass is 10.00. The van der Waals surface area contributed by atoms with Gasteiger partial charge in [0.25, 0.3) is 0 Å². The Balaban J connectivity index is 2.93. The van der Waals surface area contributed by atoms with Crippen LogP contribution in [0.5, 0.6) is 0 Å². The van der Waals surface area contributed by atoms with E-state index < -0.39 is 0 Å². The number of hydrogen-bond acceptors (Lipinski definition) is 2. The first-order chi connectivity index (χ1) is 6.16. The second-order valence-electron chi connectivity index (χ2n) is 3.07. The van der Waals surface area contributed by atoms with Crippen molar-refractivity contribution >= 4 is 15.9 Å². The maximum atomic E-state index is 8.77. The minimum Gasteiger partial charge on any atom is -0.396 e. The molecule has 0 fully saturated rings. The summed E-state index contributed by atoms with van der Waals surface area (Å²) in [5.41, 5.74) is 8.15. The highest BCUT2D eigenvalue weighted by molar-refractivity contribution is 9.10. The van der Waals surface area contributed by atoms with Crippen LogP contribution in [0.2, 0.25) is 0 Å². The summed E-state index contributed by atoms with van der Waals surface area (Å²) in [6.45, 7) is 2.16. The average molecular weight is 244 g/mol. The van der Waals surface area contributed by atoms with Crippen LogP contribution in [0.3, 0.4) is 0 Å². The Hall–Kier alpha value is -0.380. The maximum Gasteiger partial charge on any atom is 0.0449 e. The molecule has 1 aromatic carbocycles. The van der Waals surface area contributed by atoms with Gasteiger partial charge in [0.05, 0.1) is 0 Å². The van der Waals surface area contributed by atoms with Crippen molar-refractivity contribution in [2.24, 2.45) is 5.73 Å². The number of nitrogens with two attached hydrogens (primary N) is 1. The number of rotatable bonds is 3. The van der Waals surface area contributed by atoms with E-state index in [1.54, 1.807) is 0 Å². The van der Waals surface area contributed by atoms with Crippen molar-refractivity contribution in [2.75, 3.05) is 6.61 Å². The SMILES string of the molecule is Cc1c(Br)cccc1C(N)CCO. The predicted molar refractivity (Wildman–Crippen MR) is 57.5 cm³/mol. The quantitative estimate of drug-likeness (QED) is 0.855. The Kier molecular flexibility index (Phi) is 3.90. The van der Waals surface area contributed by atoms with Crippen molar-refractivity contribution in [1.29, 1.82) is 0 Å². The van der Waals surface area contributed by atoms with Crippen molar-refractivity contribution in [3.63, 3.8) is 0 Å². The summed E-state index contributed by atoms with van der Waals surface area (Å²) in [4.78, 5) is 0. The standard InChI is InChI=1S/C10H14BrNO/c1-7-8(10(12)5-6-13)3-2-4-9(7)11/h2-4,10,13H,5-6,12H2,1H3. The summed E-state index contributed by atoms with van der Waals surface area (Å²) in [5.74, 6) is 0. The maximum absolute atomic E-state index is 8.77. The van der Waals surface area contributed by atoms with Gasteiger partial charge in [-0.2, -0.15) is 0 Å². The van der Waals surface area contributed by atoms with Crippen LogP contribution in [-0.4, -0.2) is 11.7 Å². The highest BCUT2D eigenvalue weighted by Crippen LogP contribution is 2.24. The number of benzene rings is 1. The van der Waals surface area contributed by atoms with Crippen LogP contribution in [0.4, 0.5) is 0 Å². The van der Waals surface area contributed by atoms with Crippen molar-refractivity contribution in [3.05, 3.63) is 33.8 Å². The molecule has 0 spiro atoms. The summed E-state index contributed by atoms with van der Waals surface area (Å²) in [5, 5.41) is 8.77. The molecule has 0 amide bonds. The molecule has 0 saturated carbocycles. The Labute approximate surface area is 86.9 Å². The molecule has 3 N–H and O–H groups in total. The van der Waals surface area contributed by atoms with Crippen LogP contribution in [0, 0.1) is 6.92 Å². The van der Waals surface area contributed by atoms with Gasteiger partial charge in [-0.1, -0.05) is 28.1 Å². The minimum atomic E-state index is -0.0671. The highest BCUT2D eigenvalue weighted by atomic mass is 79.9. The smallest absolute Gasteiger partial charge is 0.0449 e. The summed E-state index contributed by atoms with van der Waals surface area (Å²) in [7, 11) is 0. The third kappa shape index (κ3) is 2.53. The first-order valence-corrected chi connectivity index (χ1v) is 5.07. The number of aliphatic hydroxyl groups is 1. The zero-order valence-electron chi connectivity index (χ0n) is 7.63. The van der Waals surface area contributed by atoms with Crippen molar-refractivity contribution in [3.8, 4) is 0 Å². The lowest BCUT2D eigenvalue weighted by Gasteiger charge is -2.14. The zero-order valence-corrected chi connectivity index (χ0v) is 9.21. The number of halogens is 1. The van der Waals surface area contributed by atoms with Crippen LogP contribution in [0.1, 0.15) is 23.6 Å². The second-order valence-corrected chi connectivity index (χ2v) is 3.93. The molecule has 3 heteroatoms. The fourth-order valence-corrected chi connectivity index (χ4v) is 1.70. The van der Waals surface area contributed by atoms with E-state index in [2.05, 4.69) is 15.9 Å². The summed E-state index contributed by atoms with van der Waals surface area (Å²) in [6.07, 6.45) is 0.608. The predicted octanol–water partition coefficient (Wildman–Crippen LogP) is 2.14. The molecule has 0 radical (unpaired) electrons. The largest absolute Gasteiger partial charge is 0.396 e. The van der Waals surface area contributed by atoms with Gasteiger partial charge in [-0.15, -0.1) is 0 Å². The van der Waals surface area contributed by atoms with E-state index in [-0.39, 0.29) is 12.6 Å². The molecule has 0 aliphatic rings. The minimum absolute atomic E-state index is 0.0671. The summed E-state index contributed by atoms with van der Waals surface area (Å²) in [6, 6.07) is 5.89. The molecule has 72 valence electrons. The second kappa shape index (κ2) is 4.74. The van der Waals surface area contributed by atoms with E-state index in [4.69, 9.17) is 10.8 Å². The first kappa shape index (κ1) is 10.7. The molecule has 13 heavy (non-hydrogen) atoms. The van der Waals surface area contributed by atoms with E-state index in [0.717, 1.165) is 15.6 Å². The lowest BCUT2D eigenvalue weighted by molar-refractivity contribution is 0.276. The zero-order chi connectivity index (χ0) is 9.84. The van der Waals surface area contributed by atoms with Gasteiger partial charge in [0, 0.05) is 17.1 Å². The Morgan fingerprint density at radius 3 is 2.85 bits per heavy atom. The Morgan fingerprint density at radius 1 is 1.54 bits per heavy atom. The molecule has 2 nitrogen and oxygen atoms in total. The lowest BCUT2D eigenvalue weighted by Crippen LogP contribution is -2.13. The number of hydrogen-bond donors (Lipinski definition) is 2. The van der Waals surface area contributed by atoms with Gasteiger partial charge >= 0.3 is 0 Å². The van der Waals surface area contributed by atoms with Gasteiger partial charge < -0.3 is 10.8 Å². The molecule has 0 aliphatic heterocycles. The van der Waals surface area contributed by atoms with Crippen molar-refractivity contribution in [1.82, 2.24) is 0 Å². The fourth-order valence-electron chi connectivity index (χ4n) is 1.32. The van der Waals surface area contributed by atoms with Gasteiger partial charge in [0.2, 0.25) is 0 Å². The van der Waals surface area contributed by atoms with Crippen LogP contribution < -0.4 is 5.73 Å². The number of aliphatic hydroxyl groups excluding tert-OH is 1. The van der Waals surface area contributed by atoms with Gasteiger partial charge in [-0.05, 0) is 30.5 Å². The van der Waals surface area contributed by atoms with Gasteiger partial charge in [-0.25, -0.2) is 0 Å². The molecule has 1 atom stereocenters. The van der Waals surface area contributed by atoms with Gasteiger partial charge in [-0.3, -0.25) is 0 Å². The van der Waals surface area contributed by atoms with E-state index >= 15 is 0 Å². The molecular formula is C10H14BrNO. The molecule has 1 aromatic rings. The molecule has 0 saturated heterocycles. The average Bonchev–Trinajstić information content (AvgIpc) is 2.10. The fraction of sp³-hybridized carbons (Fsp3) is 0.400. The third-order valence-electron chi connectivity index (χ3n) is 2.15. The van der Waals surface area contributed by atoms with Gasteiger partial charge in [0.15, 0.2) is 0 Å². The monoisotopic (exact) mass is 243 g/mol. The van der Waals surface area contributed by atoms with Gasteiger partial charge in [0.1, 0.15) is 0 Å². The molecular weight excluding hydrogens is 230 g/mol. The topological polar surface area (TPSA) is 46.2 Å². The van der Waals surface area contributed by atoms with Crippen LogP contribution in [0.25, 0.3) is 0 Å². The molecule has 1 unspecified atom stereocenters. The van der Waals surface area contributed by atoms with E-state index in [1.165, 1.54) is 0 Å². The molecule has 0 aliphatic carbocycles. The highest BCUT2D eigenvalue weighted by Gasteiger charge is 2.09. The molecule has 0 heterocycles. The van der Waals surface area contributed by atoms with Crippen LogP contribution in [0.15, 0.2) is 22.7 Å². The van der Waals surface area contributed by atoms with E-state index in [0.29, 0.717) is 6.42 Å². The molecule has 0 bridgehead atoms. The van der Waals surface area contributed by atoms with Crippen molar-refractivity contribution in [2.45, 2.75) is 19.4 Å². The van der Waals surface area contributed by atoms with Crippen molar-refractivity contribution < 1.29 is 5.11 Å². The Bertz CT molecular complexity index is 288. The molecule has 0 aromatic heterocycles. The Morgan fingerprint density at radius 2 is 2.23 bits per heavy atom.